The summed E-state index contributed by atoms with van der Waals surface area (Å²) in [6.45, 7) is 5.32. The van der Waals surface area contributed by atoms with Gasteiger partial charge >= 0.3 is 5.97 Å². The van der Waals surface area contributed by atoms with Crippen LogP contribution in [0.5, 0.6) is 11.5 Å². The maximum atomic E-state index is 12.1. The molecule has 0 amide bonds. The second-order valence-electron chi connectivity index (χ2n) is 8.00. The molecule has 0 spiro atoms. The summed E-state index contributed by atoms with van der Waals surface area (Å²) in [6.07, 6.45) is 6.66. The van der Waals surface area contributed by atoms with Crippen LogP contribution in [0.2, 0.25) is 0 Å². The average molecular weight is 432 g/mol. The van der Waals surface area contributed by atoms with Gasteiger partial charge in [0.25, 0.3) is 0 Å². The molecule has 0 saturated heterocycles. The lowest BCUT2D eigenvalue weighted by atomic mass is 9.86. The molecule has 0 radical (unpaired) electrons. The highest BCUT2D eigenvalue weighted by molar-refractivity contribution is 6.05. The molecule has 5 nitrogen and oxygen atoms in total. The van der Waals surface area contributed by atoms with E-state index in [2.05, 4.69) is 13.0 Å². The Hall–Kier alpha value is -3.34. The van der Waals surface area contributed by atoms with E-state index in [9.17, 15) is 9.90 Å². The third kappa shape index (κ3) is 4.47. The van der Waals surface area contributed by atoms with Crippen LogP contribution < -0.4 is 9.47 Å². The van der Waals surface area contributed by atoms with Crippen molar-refractivity contribution in [2.75, 3.05) is 13.2 Å². The van der Waals surface area contributed by atoms with Gasteiger partial charge in [-0.2, -0.15) is 0 Å². The number of para-hydroxylation sites is 1. The summed E-state index contributed by atoms with van der Waals surface area (Å²) in [5.74, 6) is 0.587. The topological polar surface area (TPSA) is 68.7 Å². The van der Waals surface area contributed by atoms with Gasteiger partial charge in [-0.3, -0.25) is 0 Å². The van der Waals surface area contributed by atoms with Gasteiger partial charge in [-0.05, 0) is 73.6 Å². The second-order valence-corrected chi connectivity index (χ2v) is 8.00. The Labute approximate surface area is 188 Å². The smallest absolute Gasteiger partial charge is 0.336 e. The van der Waals surface area contributed by atoms with Crippen LogP contribution in [0.25, 0.3) is 22.6 Å². The molecule has 3 aromatic rings. The van der Waals surface area contributed by atoms with Crippen LogP contribution in [0, 0.1) is 0 Å². The van der Waals surface area contributed by atoms with Crippen molar-refractivity contribution < 1.29 is 19.4 Å². The van der Waals surface area contributed by atoms with Gasteiger partial charge in [-0.15, -0.1) is 0 Å². The summed E-state index contributed by atoms with van der Waals surface area (Å²) < 4.78 is 11.7. The Balaban J connectivity index is 1.77. The number of nitrogens with zero attached hydrogens (tertiary/aromatic N) is 1. The molecule has 5 heteroatoms. The lowest BCUT2D eigenvalue weighted by molar-refractivity contribution is 0.0697. The first-order valence-electron chi connectivity index (χ1n) is 11.4. The molecule has 4 rings (SSSR count). The number of aromatic nitrogens is 1. The van der Waals surface area contributed by atoms with Crippen LogP contribution in [0.15, 0.2) is 42.5 Å². The first-order chi connectivity index (χ1) is 15.6. The largest absolute Gasteiger partial charge is 0.490 e. The number of rotatable bonds is 8. The Morgan fingerprint density at radius 2 is 1.94 bits per heavy atom. The maximum Gasteiger partial charge on any atom is 0.336 e. The van der Waals surface area contributed by atoms with Crippen molar-refractivity contribution in [3.8, 4) is 11.5 Å². The van der Waals surface area contributed by atoms with Gasteiger partial charge in [-0.1, -0.05) is 37.6 Å². The number of allylic oxidation sites excluding steroid dienone is 1. The number of hydrogen-bond acceptors (Lipinski definition) is 4. The lowest BCUT2D eigenvalue weighted by Gasteiger charge is -2.21. The molecule has 32 heavy (non-hydrogen) atoms. The zero-order chi connectivity index (χ0) is 22.5. The predicted molar refractivity (Wildman–Crippen MR) is 128 cm³/mol. The summed E-state index contributed by atoms with van der Waals surface area (Å²) in [5, 5.41) is 10.7. The van der Waals surface area contributed by atoms with Crippen molar-refractivity contribution in [3.05, 3.63) is 64.8 Å². The molecule has 0 bridgehead atoms. The number of benzene rings is 2. The average Bonchev–Trinajstić information content (AvgIpc) is 2.79. The molecule has 0 unspecified atom stereocenters. The Bertz CT molecular complexity index is 1170. The number of aromatic carboxylic acids is 1. The fourth-order valence-corrected chi connectivity index (χ4v) is 4.25. The standard InChI is InChI=1S/C27H29NO4/c1-3-5-15-32-23-14-13-18(17-24(23)31-4-2)16-19-9-8-11-21-25(27(29)30)20-10-6-7-12-22(20)28-26(19)21/h6-7,10,12-14,16-17H,3-5,8-9,11,15H2,1-2H3,(H,29,30). The predicted octanol–water partition coefficient (Wildman–Crippen LogP) is 6.39. The van der Waals surface area contributed by atoms with E-state index in [4.69, 9.17) is 14.5 Å². The van der Waals surface area contributed by atoms with Crippen LogP contribution >= 0.6 is 0 Å². The van der Waals surface area contributed by atoms with Gasteiger partial charge in [0.2, 0.25) is 0 Å². The molecule has 166 valence electrons. The van der Waals surface area contributed by atoms with E-state index in [1.54, 1.807) is 0 Å². The molecule has 2 aromatic carbocycles. The SMILES string of the molecule is CCCCOc1ccc(C=C2CCCc3c2nc2ccccc2c3C(=O)O)cc1OCC. The zero-order valence-corrected chi connectivity index (χ0v) is 18.7. The second kappa shape index (κ2) is 9.86. The third-order valence-electron chi connectivity index (χ3n) is 5.75. The van der Waals surface area contributed by atoms with E-state index in [1.165, 1.54) is 0 Å². The van der Waals surface area contributed by atoms with Gasteiger partial charge in [0, 0.05) is 5.39 Å². The normalized spacial score (nSPS) is 14.4. The van der Waals surface area contributed by atoms with Crippen LogP contribution in [0.4, 0.5) is 0 Å². The minimum Gasteiger partial charge on any atom is -0.490 e. The van der Waals surface area contributed by atoms with Crippen LogP contribution in [0.1, 0.15) is 66.7 Å². The van der Waals surface area contributed by atoms with Crippen molar-refractivity contribution in [1.29, 1.82) is 0 Å². The van der Waals surface area contributed by atoms with E-state index in [0.717, 1.165) is 66.0 Å². The molecule has 1 aliphatic rings. The highest BCUT2D eigenvalue weighted by Gasteiger charge is 2.24. The number of unbranched alkanes of at least 4 members (excludes halogenated alkanes) is 1. The number of hydrogen-bond donors (Lipinski definition) is 1. The maximum absolute atomic E-state index is 12.1. The van der Waals surface area contributed by atoms with E-state index in [0.29, 0.717) is 29.7 Å². The summed E-state index contributed by atoms with van der Waals surface area (Å²) >= 11 is 0. The number of ether oxygens (including phenoxy) is 2. The Kier molecular flexibility index (Phi) is 6.74. The molecule has 0 saturated carbocycles. The molecule has 0 aliphatic heterocycles. The number of fused-ring (bicyclic) bond motifs is 2. The van der Waals surface area contributed by atoms with Crippen LogP contribution in [0.3, 0.4) is 0 Å². The van der Waals surface area contributed by atoms with Crippen molar-refractivity contribution >= 4 is 28.5 Å². The molecule has 1 heterocycles. The third-order valence-corrected chi connectivity index (χ3v) is 5.75. The van der Waals surface area contributed by atoms with Crippen molar-refractivity contribution in [3.63, 3.8) is 0 Å². The number of carbonyl (C=O) groups is 1. The van der Waals surface area contributed by atoms with Gasteiger partial charge < -0.3 is 14.6 Å². The van der Waals surface area contributed by atoms with Gasteiger partial charge in [-0.25, -0.2) is 9.78 Å². The molecule has 0 atom stereocenters. The van der Waals surface area contributed by atoms with Gasteiger partial charge in [0.15, 0.2) is 11.5 Å². The van der Waals surface area contributed by atoms with Crippen LogP contribution in [-0.4, -0.2) is 29.3 Å². The minimum atomic E-state index is -0.895. The monoisotopic (exact) mass is 431 g/mol. The van der Waals surface area contributed by atoms with E-state index in [-0.39, 0.29) is 0 Å². The quantitative estimate of drug-likeness (QED) is 0.419. The first-order valence-corrected chi connectivity index (χ1v) is 11.4. The summed E-state index contributed by atoms with van der Waals surface area (Å²) in [7, 11) is 0. The van der Waals surface area contributed by atoms with Gasteiger partial charge in [0.05, 0.1) is 30.0 Å². The Morgan fingerprint density at radius 1 is 1.09 bits per heavy atom. The molecule has 1 aliphatic carbocycles. The Morgan fingerprint density at radius 3 is 2.72 bits per heavy atom. The lowest BCUT2D eigenvalue weighted by Crippen LogP contribution is -2.13. The van der Waals surface area contributed by atoms with Crippen molar-refractivity contribution in [1.82, 2.24) is 4.98 Å². The number of pyridine rings is 1. The first kappa shape index (κ1) is 21.9. The molecule has 1 aromatic heterocycles. The molecule has 0 fully saturated rings. The zero-order valence-electron chi connectivity index (χ0n) is 18.7. The summed E-state index contributed by atoms with van der Waals surface area (Å²) in [4.78, 5) is 17.0. The van der Waals surface area contributed by atoms with Crippen LogP contribution in [-0.2, 0) is 6.42 Å². The van der Waals surface area contributed by atoms with Crippen molar-refractivity contribution in [2.45, 2.75) is 46.0 Å². The van der Waals surface area contributed by atoms with E-state index >= 15 is 0 Å². The fraction of sp³-hybridized carbons (Fsp3) is 0.333. The highest BCUT2D eigenvalue weighted by Crippen LogP contribution is 2.37. The highest BCUT2D eigenvalue weighted by atomic mass is 16.5. The molecule has 1 N–H and O–H groups in total. The number of carboxylic acid groups (broad SMARTS) is 1. The van der Waals surface area contributed by atoms with E-state index in [1.807, 2.05) is 49.4 Å². The van der Waals surface area contributed by atoms with Gasteiger partial charge in [0.1, 0.15) is 0 Å². The fourth-order valence-electron chi connectivity index (χ4n) is 4.25. The molecular formula is C27H29NO4. The summed E-state index contributed by atoms with van der Waals surface area (Å²) in [5.41, 5.74) is 4.77. The van der Waals surface area contributed by atoms with E-state index < -0.39 is 5.97 Å². The summed E-state index contributed by atoms with van der Waals surface area (Å²) in [6, 6.07) is 13.4. The number of carboxylic acids is 1. The van der Waals surface area contributed by atoms with Crippen molar-refractivity contribution in [2.24, 2.45) is 0 Å². The minimum absolute atomic E-state index is 0.380. The molecular weight excluding hydrogens is 402 g/mol.